The average molecular weight is 474 g/mol. The average Bonchev–Trinajstić information content (AvgIpc) is 3.36. The van der Waals surface area contributed by atoms with Gasteiger partial charge in [-0.2, -0.15) is 4.98 Å². The van der Waals surface area contributed by atoms with Gasteiger partial charge in [-0.3, -0.25) is 20.4 Å². The van der Waals surface area contributed by atoms with Crippen LogP contribution in [0.25, 0.3) is 22.5 Å². The molecule has 1 heterocycles. The molecule has 0 aliphatic heterocycles. The number of para-hydroxylation sites is 1. The first-order chi connectivity index (χ1) is 17.0. The van der Waals surface area contributed by atoms with E-state index in [1.807, 2.05) is 48.5 Å². The first-order valence-electron chi connectivity index (χ1n) is 10.9. The van der Waals surface area contributed by atoms with E-state index in [4.69, 9.17) is 9.26 Å². The lowest BCUT2D eigenvalue weighted by Gasteiger charge is -2.12. The minimum Gasteiger partial charge on any atom is -0.483 e. The maximum Gasteiger partial charge on any atom is 0.276 e. The number of aromatic nitrogens is 2. The Morgan fingerprint density at radius 3 is 2.49 bits per heavy atom. The Balaban J connectivity index is 1.22. The first kappa shape index (κ1) is 23.6. The van der Waals surface area contributed by atoms with E-state index in [1.54, 1.807) is 25.1 Å². The number of benzene rings is 3. The van der Waals surface area contributed by atoms with E-state index >= 15 is 0 Å². The molecule has 0 unspecified atom stereocenters. The molecular weight excluding hydrogens is 451 g/mol. The second-order valence-corrected chi connectivity index (χ2v) is 7.72. The molecule has 0 saturated heterocycles. The highest BCUT2D eigenvalue weighted by Gasteiger charge is 2.13. The van der Waals surface area contributed by atoms with Crippen molar-refractivity contribution in [2.24, 2.45) is 0 Å². The molecule has 4 aromatic rings. The van der Waals surface area contributed by atoms with Gasteiger partial charge in [0.2, 0.25) is 17.6 Å². The van der Waals surface area contributed by atoms with E-state index < -0.39 is 11.8 Å². The number of amides is 2. The molecule has 35 heavy (non-hydrogen) atoms. The number of halogens is 1. The van der Waals surface area contributed by atoms with Crippen LogP contribution < -0.4 is 15.6 Å². The number of carbonyl (C=O) groups excluding carboxylic acids is 2. The van der Waals surface area contributed by atoms with Gasteiger partial charge in [0.1, 0.15) is 11.6 Å². The van der Waals surface area contributed by atoms with Gasteiger partial charge in [-0.05, 0) is 42.3 Å². The Hall–Kier alpha value is -4.53. The molecule has 4 rings (SSSR count). The van der Waals surface area contributed by atoms with E-state index in [-0.39, 0.29) is 31.2 Å². The van der Waals surface area contributed by atoms with Crippen LogP contribution in [0.4, 0.5) is 4.39 Å². The van der Waals surface area contributed by atoms with Gasteiger partial charge < -0.3 is 9.26 Å². The van der Waals surface area contributed by atoms with Crippen molar-refractivity contribution in [1.82, 2.24) is 21.0 Å². The lowest BCUT2D eigenvalue weighted by Crippen LogP contribution is -2.43. The van der Waals surface area contributed by atoms with Gasteiger partial charge in [0.05, 0.1) is 0 Å². The summed E-state index contributed by atoms with van der Waals surface area (Å²) in [6, 6.07) is 21.6. The summed E-state index contributed by atoms with van der Waals surface area (Å²) in [7, 11) is 0. The van der Waals surface area contributed by atoms with Crippen LogP contribution >= 0.6 is 0 Å². The summed E-state index contributed by atoms with van der Waals surface area (Å²) in [4.78, 5) is 28.5. The van der Waals surface area contributed by atoms with E-state index in [1.165, 1.54) is 6.07 Å². The fourth-order valence-electron chi connectivity index (χ4n) is 3.31. The van der Waals surface area contributed by atoms with E-state index in [0.29, 0.717) is 22.7 Å². The quantitative estimate of drug-likeness (QED) is 0.374. The number of ether oxygens (including phenoxy) is 1. The lowest BCUT2D eigenvalue weighted by atomic mass is 10.1. The van der Waals surface area contributed by atoms with Gasteiger partial charge in [0.15, 0.2) is 6.61 Å². The Bertz CT molecular complexity index is 1320. The van der Waals surface area contributed by atoms with Gasteiger partial charge in [0, 0.05) is 24.0 Å². The molecule has 0 aliphatic rings. The highest BCUT2D eigenvalue weighted by molar-refractivity contribution is 5.83. The minimum absolute atomic E-state index is 0.0159. The fourth-order valence-corrected chi connectivity index (χ4v) is 3.31. The Morgan fingerprint density at radius 1 is 0.943 bits per heavy atom. The molecule has 8 nitrogen and oxygen atoms in total. The largest absolute Gasteiger partial charge is 0.483 e. The van der Waals surface area contributed by atoms with Crippen LogP contribution in [0.15, 0.2) is 77.3 Å². The van der Waals surface area contributed by atoms with Crippen LogP contribution in [0.5, 0.6) is 5.75 Å². The SMILES string of the molecule is Cc1cc(-c2noc(CCC(=O)NNC(=O)COc3ccccc3-c3ccccc3)n2)ccc1F. The molecule has 0 atom stereocenters. The van der Waals surface area contributed by atoms with Crippen LogP contribution in [-0.4, -0.2) is 28.6 Å². The molecule has 0 spiro atoms. The van der Waals surface area contributed by atoms with E-state index in [9.17, 15) is 14.0 Å². The molecule has 9 heteroatoms. The standard InChI is InChI=1S/C26H23FN4O4/c1-17-15-19(11-12-21(17)27)26-28-25(35-31-26)14-13-23(32)29-30-24(33)16-34-22-10-6-5-9-20(22)18-7-3-2-4-8-18/h2-12,15H,13-14,16H2,1H3,(H,29,32)(H,30,33). The van der Waals surface area contributed by atoms with Crippen molar-refractivity contribution < 1.29 is 23.2 Å². The monoisotopic (exact) mass is 474 g/mol. The van der Waals surface area contributed by atoms with Crippen LogP contribution in [0.1, 0.15) is 17.9 Å². The predicted octanol–water partition coefficient (Wildman–Crippen LogP) is 4.01. The Labute approximate surface area is 201 Å². The number of hydrogen-bond donors (Lipinski definition) is 2. The van der Waals surface area contributed by atoms with Crippen molar-refractivity contribution in [3.63, 3.8) is 0 Å². The number of nitrogens with zero attached hydrogens (tertiary/aromatic N) is 2. The summed E-state index contributed by atoms with van der Waals surface area (Å²) < 4.78 is 24.2. The first-order valence-corrected chi connectivity index (χ1v) is 10.9. The van der Waals surface area contributed by atoms with Crippen molar-refractivity contribution in [1.29, 1.82) is 0 Å². The van der Waals surface area contributed by atoms with Gasteiger partial charge >= 0.3 is 0 Å². The molecule has 2 N–H and O–H groups in total. The van der Waals surface area contributed by atoms with Gasteiger partial charge in [-0.25, -0.2) is 4.39 Å². The molecular formula is C26H23FN4O4. The summed E-state index contributed by atoms with van der Waals surface area (Å²) in [5.74, 6) is -0.131. The maximum absolute atomic E-state index is 13.4. The molecule has 1 aromatic heterocycles. The van der Waals surface area contributed by atoms with E-state index in [0.717, 1.165) is 11.1 Å². The smallest absolute Gasteiger partial charge is 0.276 e. The molecule has 0 aliphatic carbocycles. The summed E-state index contributed by atoms with van der Waals surface area (Å²) in [5, 5.41) is 3.86. The Kier molecular flexibility index (Phi) is 7.47. The van der Waals surface area contributed by atoms with Crippen molar-refractivity contribution >= 4 is 11.8 Å². The highest BCUT2D eigenvalue weighted by atomic mass is 19.1. The van der Waals surface area contributed by atoms with Gasteiger partial charge in [-0.15, -0.1) is 0 Å². The van der Waals surface area contributed by atoms with Crippen LogP contribution in [0.3, 0.4) is 0 Å². The topological polar surface area (TPSA) is 106 Å². The van der Waals surface area contributed by atoms with Crippen LogP contribution in [-0.2, 0) is 16.0 Å². The highest BCUT2D eigenvalue weighted by Crippen LogP contribution is 2.29. The van der Waals surface area contributed by atoms with Crippen LogP contribution in [0.2, 0.25) is 0 Å². The third kappa shape index (κ3) is 6.29. The molecule has 178 valence electrons. The Morgan fingerprint density at radius 2 is 1.69 bits per heavy atom. The number of hydrogen-bond acceptors (Lipinski definition) is 6. The zero-order valence-electron chi connectivity index (χ0n) is 19.0. The molecule has 0 fully saturated rings. The van der Waals surface area contributed by atoms with Crippen molar-refractivity contribution in [2.75, 3.05) is 6.61 Å². The van der Waals surface area contributed by atoms with Crippen molar-refractivity contribution in [3.8, 4) is 28.3 Å². The van der Waals surface area contributed by atoms with Crippen molar-refractivity contribution in [3.05, 3.63) is 90.1 Å². The number of nitrogens with one attached hydrogen (secondary N) is 2. The third-order valence-electron chi connectivity index (χ3n) is 5.12. The third-order valence-corrected chi connectivity index (χ3v) is 5.12. The molecule has 0 bridgehead atoms. The zero-order valence-corrected chi connectivity index (χ0v) is 19.0. The molecule has 3 aromatic carbocycles. The van der Waals surface area contributed by atoms with Crippen LogP contribution in [0, 0.1) is 12.7 Å². The maximum atomic E-state index is 13.4. The second-order valence-electron chi connectivity index (χ2n) is 7.72. The molecule has 0 radical (unpaired) electrons. The summed E-state index contributed by atoms with van der Waals surface area (Å²) in [5.41, 5.74) is 7.58. The molecule has 0 saturated carbocycles. The summed E-state index contributed by atoms with van der Waals surface area (Å²) >= 11 is 0. The molecule has 2 amide bonds. The second kappa shape index (κ2) is 11.1. The normalized spacial score (nSPS) is 10.6. The number of carbonyl (C=O) groups is 2. The van der Waals surface area contributed by atoms with Crippen molar-refractivity contribution in [2.45, 2.75) is 19.8 Å². The lowest BCUT2D eigenvalue weighted by molar-refractivity contribution is -0.130. The number of hydrazine groups is 1. The number of aryl methyl sites for hydroxylation is 2. The fraction of sp³-hybridized carbons (Fsp3) is 0.154. The van der Waals surface area contributed by atoms with Gasteiger partial charge in [0.25, 0.3) is 5.91 Å². The minimum atomic E-state index is -0.507. The van der Waals surface area contributed by atoms with E-state index in [2.05, 4.69) is 21.0 Å². The summed E-state index contributed by atoms with van der Waals surface area (Å²) in [6.45, 7) is 1.37. The van der Waals surface area contributed by atoms with Gasteiger partial charge in [-0.1, -0.05) is 53.7 Å². The summed E-state index contributed by atoms with van der Waals surface area (Å²) in [6.07, 6.45) is 0.192. The number of rotatable bonds is 8. The predicted molar refractivity (Wildman–Crippen MR) is 126 cm³/mol. The zero-order chi connectivity index (χ0) is 24.6.